The second-order valence-electron chi connectivity index (χ2n) is 4.34. The number of thiophene rings is 1. The summed E-state index contributed by atoms with van der Waals surface area (Å²) < 4.78 is 0. The van der Waals surface area contributed by atoms with Crippen molar-refractivity contribution in [3.63, 3.8) is 0 Å². The Kier molecular flexibility index (Phi) is 3.52. The summed E-state index contributed by atoms with van der Waals surface area (Å²) in [6, 6.07) is 4.07. The Labute approximate surface area is 111 Å². The minimum Gasteiger partial charge on any atom is -0.339 e. The summed E-state index contributed by atoms with van der Waals surface area (Å²) >= 11 is 1.70. The number of anilines is 1. The molecule has 0 aromatic carbocycles. The van der Waals surface area contributed by atoms with Crippen molar-refractivity contribution >= 4 is 17.3 Å². The van der Waals surface area contributed by atoms with Crippen molar-refractivity contribution in [1.82, 2.24) is 15.3 Å². The van der Waals surface area contributed by atoms with Crippen molar-refractivity contribution in [3.05, 3.63) is 29.1 Å². The van der Waals surface area contributed by atoms with E-state index < -0.39 is 0 Å². The van der Waals surface area contributed by atoms with Crippen LogP contribution in [0.1, 0.15) is 6.42 Å². The Balaban J connectivity index is 1.86. The lowest BCUT2D eigenvalue weighted by Gasteiger charge is -2.19. The molecule has 1 saturated heterocycles. The molecule has 0 spiro atoms. The molecule has 3 heterocycles. The Morgan fingerprint density at radius 1 is 1.22 bits per heavy atom. The van der Waals surface area contributed by atoms with Crippen molar-refractivity contribution in [2.75, 3.05) is 31.1 Å². The van der Waals surface area contributed by atoms with Crippen LogP contribution in [-0.4, -0.2) is 36.1 Å². The van der Waals surface area contributed by atoms with Gasteiger partial charge in [-0.2, -0.15) is 11.3 Å². The van der Waals surface area contributed by atoms with Gasteiger partial charge in [0.15, 0.2) is 0 Å². The summed E-state index contributed by atoms with van der Waals surface area (Å²) in [5, 5.41) is 7.59. The van der Waals surface area contributed by atoms with E-state index in [0.717, 1.165) is 44.2 Å². The molecule has 5 heteroatoms. The molecule has 1 aliphatic heterocycles. The van der Waals surface area contributed by atoms with Gasteiger partial charge in [0.05, 0.1) is 5.69 Å². The average molecular weight is 260 g/mol. The molecule has 0 atom stereocenters. The highest BCUT2D eigenvalue weighted by molar-refractivity contribution is 7.08. The summed E-state index contributed by atoms with van der Waals surface area (Å²) in [7, 11) is 0. The molecule has 2 aromatic rings. The Morgan fingerprint density at radius 2 is 2.22 bits per heavy atom. The molecule has 0 saturated carbocycles. The van der Waals surface area contributed by atoms with Gasteiger partial charge in [0.25, 0.3) is 0 Å². The normalized spacial score (nSPS) is 16.6. The molecule has 3 rings (SSSR count). The first kappa shape index (κ1) is 11.6. The predicted octanol–water partition coefficient (Wildman–Crippen LogP) is 2.00. The SMILES string of the molecule is c1cc(-c2ccsc2)nc(N2CCCNCC2)n1. The zero-order valence-electron chi connectivity index (χ0n) is 10.2. The van der Waals surface area contributed by atoms with Crippen LogP contribution in [0.5, 0.6) is 0 Å². The maximum absolute atomic E-state index is 4.67. The van der Waals surface area contributed by atoms with Gasteiger partial charge in [-0.05, 0) is 30.5 Å². The van der Waals surface area contributed by atoms with Gasteiger partial charge in [-0.25, -0.2) is 9.97 Å². The van der Waals surface area contributed by atoms with E-state index in [1.54, 1.807) is 11.3 Å². The zero-order chi connectivity index (χ0) is 12.2. The van der Waals surface area contributed by atoms with E-state index in [1.165, 1.54) is 5.56 Å². The van der Waals surface area contributed by atoms with Crippen LogP contribution in [0.4, 0.5) is 5.95 Å². The third-order valence-electron chi connectivity index (χ3n) is 3.08. The number of aromatic nitrogens is 2. The fourth-order valence-electron chi connectivity index (χ4n) is 2.12. The second kappa shape index (κ2) is 5.46. The van der Waals surface area contributed by atoms with Crippen LogP contribution in [0, 0.1) is 0 Å². The third-order valence-corrected chi connectivity index (χ3v) is 3.77. The molecule has 0 amide bonds. The average Bonchev–Trinajstić information content (AvgIpc) is 2.82. The van der Waals surface area contributed by atoms with E-state index in [4.69, 9.17) is 0 Å². The van der Waals surface area contributed by atoms with Crippen LogP contribution in [0.3, 0.4) is 0 Å². The van der Waals surface area contributed by atoms with E-state index in [0.29, 0.717) is 0 Å². The van der Waals surface area contributed by atoms with E-state index in [2.05, 4.69) is 37.0 Å². The number of nitrogens with zero attached hydrogens (tertiary/aromatic N) is 3. The fourth-order valence-corrected chi connectivity index (χ4v) is 2.77. The van der Waals surface area contributed by atoms with Crippen LogP contribution in [0.25, 0.3) is 11.3 Å². The first-order valence-electron chi connectivity index (χ1n) is 6.25. The van der Waals surface area contributed by atoms with Gasteiger partial charge in [0.1, 0.15) is 0 Å². The van der Waals surface area contributed by atoms with Gasteiger partial charge >= 0.3 is 0 Å². The summed E-state index contributed by atoms with van der Waals surface area (Å²) in [4.78, 5) is 11.3. The third kappa shape index (κ3) is 2.52. The van der Waals surface area contributed by atoms with Crippen molar-refractivity contribution < 1.29 is 0 Å². The first-order chi connectivity index (χ1) is 8.93. The standard InChI is InChI=1S/C13H16N4S/c1-4-14-6-8-17(7-1)13-15-5-2-12(16-13)11-3-9-18-10-11/h2-3,5,9-10,14H,1,4,6-8H2. The molecule has 0 bridgehead atoms. The maximum Gasteiger partial charge on any atom is 0.225 e. The van der Waals surface area contributed by atoms with Crippen LogP contribution < -0.4 is 10.2 Å². The van der Waals surface area contributed by atoms with Gasteiger partial charge in [-0.3, -0.25) is 0 Å². The van der Waals surface area contributed by atoms with Crippen molar-refractivity contribution in [2.24, 2.45) is 0 Å². The Hall–Kier alpha value is -1.46. The molecular formula is C13H16N4S. The van der Waals surface area contributed by atoms with Crippen molar-refractivity contribution in [2.45, 2.75) is 6.42 Å². The molecule has 94 valence electrons. The molecule has 18 heavy (non-hydrogen) atoms. The van der Waals surface area contributed by atoms with Crippen LogP contribution in [0.2, 0.25) is 0 Å². The lowest BCUT2D eigenvalue weighted by atomic mass is 10.2. The monoisotopic (exact) mass is 260 g/mol. The van der Waals surface area contributed by atoms with Crippen LogP contribution >= 0.6 is 11.3 Å². The number of hydrogen-bond acceptors (Lipinski definition) is 5. The quantitative estimate of drug-likeness (QED) is 0.896. The molecule has 0 radical (unpaired) electrons. The van der Waals surface area contributed by atoms with Crippen molar-refractivity contribution in [1.29, 1.82) is 0 Å². The van der Waals surface area contributed by atoms with Crippen molar-refractivity contribution in [3.8, 4) is 11.3 Å². The lowest BCUT2D eigenvalue weighted by molar-refractivity contribution is 0.724. The maximum atomic E-state index is 4.67. The highest BCUT2D eigenvalue weighted by Gasteiger charge is 2.12. The van der Waals surface area contributed by atoms with E-state index in [-0.39, 0.29) is 0 Å². The minimum absolute atomic E-state index is 0.849. The van der Waals surface area contributed by atoms with E-state index in [1.807, 2.05) is 12.3 Å². The fraction of sp³-hybridized carbons (Fsp3) is 0.385. The molecule has 0 unspecified atom stereocenters. The van der Waals surface area contributed by atoms with Gasteiger partial charge in [-0.15, -0.1) is 0 Å². The van der Waals surface area contributed by atoms with Gasteiger partial charge < -0.3 is 10.2 Å². The largest absolute Gasteiger partial charge is 0.339 e. The zero-order valence-corrected chi connectivity index (χ0v) is 11.0. The molecule has 1 aliphatic rings. The summed E-state index contributed by atoms with van der Waals surface area (Å²) in [5.41, 5.74) is 2.19. The van der Waals surface area contributed by atoms with E-state index >= 15 is 0 Å². The highest BCUT2D eigenvalue weighted by atomic mass is 32.1. The van der Waals surface area contributed by atoms with Gasteiger partial charge in [-0.1, -0.05) is 0 Å². The predicted molar refractivity (Wildman–Crippen MR) is 75.0 cm³/mol. The van der Waals surface area contributed by atoms with E-state index in [9.17, 15) is 0 Å². The molecule has 4 nitrogen and oxygen atoms in total. The van der Waals surface area contributed by atoms with Gasteiger partial charge in [0.2, 0.25) is 5.95 Å². The molecule has 2 aromatic heterocycles. The smallest absolute Gasteiger partial charge is 0.225 e. The minimum atomic E-state index is 0.849. The van der Waals surface area contributed by atoms with Crippen LogP contribution in [0.15, 0.2) is 29.1 Å². The first-order valence-corrected chi connectivity index (χ1v) is 7.19. The Bertz CT molecular complexity index is 489. The summed E-state index contributed by atoms with van der Waals surface area (Å²) in [6.07, 6.45) is 3.00. The van der Waals surface area contributed by atoms with Gasteiger partial charge in [0, 0.05) is 36.8 Å². The molecule has 0 aliphatic carbocycles. The second-order valence-corrected chi connectivity index (χ2v) is 5.12. The summed E-state index contributed by atoms with van der Waals surface area (Å²) in [6.45, 7) is 4.10. The molecule has 1 N–H and O–H groups in total. The topological polar surface area (TPSA) is 41.1 Å². The molecular weight excluding hydrogens is 244 g/mol. The summed E-state index contributed by atoms with van der Waals surface area (Å²) in [5.74, 6) is 0.849. The number of rotatable bonds is 2. The highest BCUT2D eigenvalue weighted by Crippen LogP contribution is 2.21. The lowest BCUT2D eigenvalue weighted by Crippen LogP contribution is -2.29. The molecule has 1 fully saturated rings. The number of hydrogen-bond donors (Lipinski definition) is 1. The number of nitrogens with one attached hydrogen (secondary N) is 1. The Morgan fingerprint density at radius 3 is 3.11 bits per heavy atom. The van der Waals surface area contributed by atoms with Crippen LogP contribution in [-0.2, 0) is 0 Å².